The van der Waals surface area contributed by atoms with Crippen LogP contribution in [0.25, 0.3) is 0 Å². The van der Waals surface area contributed by atoms with Crippen molar-refractivity contribution in [3.8, 4) is 0 Å². The maximum Gasteiger partial charge on any atom is 0.0623 e. The first-order valence-corrected chi connectivity index (χ1v) is 4.64. The zero-order valence-electron chi connectivity index (χ0n) is 8.10. The predicted octanol–water partition coefficient (Wildman–Crippen LogP) is 1.67. The molecule has 74 valence electrons. The molecule has 1 saturated heterocycles. The SMILES string of the molecule is CC(C)OC[C@@H]1CCCCN1.S. The Kier molecular flexibility index (Phi) is 6.90. The van der Waals surface area contributed by atoms with Gasteiger partial charge < -0.3 is 10.1 Å². The molecule has 1 atom stereocenters. The van der Waals surface area contributed by atoms with Gasteiger partial charge in [0.15, 0.2) is 0 Å². The van der Waals surface area contributed by atoms with E-state index in [4.69, 9.17) is 4.74 Å². The van der Waals surface area contributed by atoms with E-state index < -0.39 is 0 Å². The minimum Gasteiger partial charge on any atom is -0.377 e. The molecular formula is C9H21NOS. The molecule has 0 unspecified atom stereocenters. The number of ether oxygens (including phenoxy) is 1. The van der Waals surface area contributed by atoms with Crippen LogP contribution in [0.15, 0.2) is 0 Å². The van der Waals surface area contributed by atoms with Gasteiger partial charge in [0.25, 0.3) is 0 Å². The lowest BCUT2D eigenvalue weighted by Crippen LogP contribution is -2.38. The standard InChI is InChI=1S/C9H19NO.H2S/c1-8(2)11-7-9-5-3-4-6-10-9;/h8-10H,3-7H2,1-2H3;1H2/t9-;/m0./s1. The molecule has 12 heavy (non-hydrogen) atoms. The molecule has 0 aromatic heterocycles. The fourth-order valence-electron chi connectivity index (χ4n) is 1.37. The van der Waals surface area contributed by atoms with E-state index >= 15 is 0 Å². The van der Waals surface area contributed by atoms with Gasteiger partial charge in [0.05, 0.1) is 12.7 Å². The summed E-state index contributed by atoms with van der Waals surface area (Å²) in [6.45, 7) is 6.23. The van der Waals surface area contributed by atoms with Gasteiger partial charge in [0, 0.05) is 6.04 Å². The van der Waals surface area contributed by atoms with Crippen LogP contribution < -0.4 is 5.32 Å². The van der Waals surface area contributed by atoms with Crippen LogP contribution in [-0.2, 0) is 4.74 Å². The molecule has 1 rings (SSSR count). The number of piperidine rings is 1. The van der Waals surface area contributed by atoms with Crippen molar-refractivity contribution in [2.75, 3.05) is 13.2 Å². The van der Waals surface area contributed by atoms with Crippen LogP contribution >= 0.6 is 13.5 Å². The van der Waals surface area contributed by atoms with Crippen molar-refractivity contribution in [3.63, 3.8) is 0 Å². The zero-order valence-corrected chi connectivity index (χ0v) is 9.10. The quantitative estimate of drug-likeness (QED) is 0.732. The number of hydrogen-bond donors (Lipinski definition) is 1. The molecule has 1 aliphatic rings. The Hall–Kier alpha value is 0.270. The van der Waals surface area contributed by atoms with Gasteiger partial charge in [-0.25, -0.2) is 0 Å². The predicted molar refractivity (Wildman–Crippen MR) is 57.1 cm³/mol. The highest BCUT2D eigenvalue weighted by molar-refractivity contribution is 7.59. The van der Waals surface area contributed by atoms with Gasteiger partial charge in [-0.3, -0.25) is 0 Å². The highest BCUT2D eigenvalue weighted by atomic mass is 32.1. The van der Waals surface area contributed by atoms with Gasteiger partial charge in [-0.05, 0) is 33.2 Å². The lowest BCUT2D eigenvalue weighted by atomic mass is 10.1. The van der Waals surface area contributed by atoms with E-state index in [0.29, 0.717) is 12.1 Å². The van der Waals surface area contributed by atoms with Gasteiger partial charge >= 0.3 is 0 Å². The minimum atomic E-state index is 0. The van der Waals surface area contributed by atoms with Crippen LogP contribution in [0.3, 0.4) is 0 Å². The van der Waals surface area contributed by atoms with Gasteiger partial charge in [-0.2, -0.15) is 13.5 Å². The lowest BCUT2D eigenvalue weighted by molar-refractivity contribution is 0.0558. The Bertz CT molecular complexity index is 103. The maximum atomic E-state index is 5.52. The number of nitrogens with one attached hydrogen (secondary N) is 1. The molecule has 0 bridgehead atoms. The Morgan fingerprint density at radius 2 is 2.17 bits per heavy atom. The summed E-state index contributed by atoms with van der Waals surface area (Å²) in [6, 6.07) is 0.617. The molecule has 1 aliphatic heterocycles. The first-order valence-electron chi connectivity index (χ1n) is 4.64. The molecule has 0 aliphatic carbocycles. The molecule has 2 nitrogen and oxygen atoms in total. The summed E-state index contributed by atoms with van der Waals surface area (Å²) in [7, 11) is 0. The van der Waals surface area contributed by atoms with E-state index in [1.165, 1.54) is 25.8 Å². The molecule has 0 radical (unpaired) electrons. The summed E-state index contributed by atoms with van der Waals surface area (Å²) in [5, 5.41) is 3.45. The number of hydrogen-bond acceptors (Lipinski definition) is 2. The highest BCUT2D eigenvalue weighted by Crippen LogP contribution is 2.07. The van der Waals surface area contributed by atoms with Crippen molar-refractivity contribution >= 4 is 13.5 Å². The summed E-state index contributed by atoms with van der Waals surface area (Å²) in [5.74, 6) is 0. The normalized spacial score (nSPS) is 23.8. The second kappa shape index (κ2) is 6.75. The van der Waals surface area contributed by atoms with Crippen molar-refractivity contribution < 1.29 is 4.74 Å². The summed E-state index contributed by atoms with van der Waals surface area (Å²) >= 11 is 0. The summed E-state index contributed by atoms with van der Waals surface area (Å²) in [6.07, 6.45) is 4.35. The van der Waals surface area contributed by atoms with Crippen molar-refractivity contribution in [2.24, 2.45) is 0 Å². The number of rotatable bonds is 3. The third-order valence-corrected chi connectivity index (χ3v) is 2.04. The molecule has 1 heterocycles. The van der Waals surface area contributed by atoms with Crippen LogP contribution in [0.4, 0.5) is 0 Å². The Morgan fingerprint density at radius 3 is 2.67 bits per heavy atom. The smallest absolute Gasteiger partial charge is 0.0623 e. The van der Waals surface area contributed by atoms with E-state index in [1.807, 2.05) is 0 Å². The van der Waals surface area contributed by atoms with Crippen molar-refractivity contribution in [3.05, 3.63) is 0 Å². The molecule has 1 N–H and O–H groups in total. The molecule has 0 amide bonds. The summed E-state index contributed by atoms with van der Waals surface area (Å²) in [4.78, 5) is 0. The van der Waals surface area contributed by atoms with Crippen LogP contribution in [0, 0.1) is 0 Å². The summed E-state index contributed by atoms with van der Waals surface area (Å²) in [5.41, 5.74) is 0. The third-order valence-electron chi connectivity index (χ3n) is 2.04. The van der Waals surface area contributed by atoms with Crippen molar-refractivity contribution in [1.82, 2.24) is 5.32 Å². The Labute approximate surface area is 82.5 Å². The van der Waals surface area contributed by atoms with E-state index in [9.17, 15) is 0 Å². The van der Waals surface area contributed by atoms with Gasteiger partial charge in [-0.15, -0.1) is 0 Å². The highest BCUT2D eigenvalue weighted by Gasteiger charge is 2.12. The maximum absolute atomic E-state index is 5.52. The lowest BCUT2D eigenvalue weighted by Gasteiger charge is -2.24. The molecule has 0 aromatic rings. The van der Waals surface area contributed by atoms with Crippen molar-refractivity contribution in [2.45, 2.75) is 45.3 Å². The zero-order chi connectivity index (χ0) is 8.10. The van der Waals surface area contributed by atoms with Crippen LogP contribution in [0.2, 0.25) is 0 Å². The van der Waals surface area contributed by atoms with Crippen molar-refractivity contribution in [1.29, 1.82) is 0 Å². The average molecular weight is 191 g/mol. The van der Waals surface area contributed by atoms with E-state index in [2.05, 4.69) is 19.2 Å². The fraction of sp³-hybridized carbons (Fsp3) is 1.00. The monoisotopic (exact) mass is 191 g/mol. The Balaban J connectivity index is 0.00000121. The molecule has 0 saturated carbocycles. The third kappa shape index (κ3) is 5.01. The average Bonchev–Trinajstić information content (AvgIpc) is 2.03. The minimum absolute atomic E-state index is 0. The second-order valence-corrected chi connectivity index (χ2v) is 3.53. The summed E-state index contributed by atoms with van der Waals surface area (Å²) < 4.78 is 5.52. The molecule has 0 aromatic carbocycles. The van der Waals surface area contributed by atoms with E-state index in [1.54, 1.807) is 0 Å². The molecule has 3 heteroatoms. The van der Waals surface area contributed by atoms with E-state index in [0.717, 1.165) is 6.61 Å². The second-order valence-electron chi connectivity index (χ2n) is 3.53. The molecule has 1 fully saturated rings. The van der Waals surface area contributed by atoms with Gasteiger partial charge in [0.1, 0.15) is 0 Å². The Morgan fingerprint density at radius 1 is 1.42 bits per heavy atom. The van der Waals surface area contributed by atoms with Gasteiger partial charge in [0.2, 0.25) is 0 Å². The fourth-order valence-corrected chi connectivity index (χ4v) is 1.37. The van der Waals surface area contributed by atoms with E-state index in [-0.39, 0.29) is 13.5 Å². The molecule has 0 spiro atoms. The van der Waals surface area contributed by atoms with Crippen LogP contribution in [0.1, 0.15) is 33.1 Å². The largest absolute Gasteiger partial charge is 0.377 e. The van der Waals surface area contributed by atoms with Crippen LogP contribution in [0.5, 0.6) is 0 Å². The van der Waals surface area contributed by atoms with Gasteiger partial charge in [-0.1, -0.05) is 6.42 Å². The topological polar surface area (TPSA) is 21.3 Å². The molecular weight excluding hydrogens is 170 g/mol. The van der Waals surface area contributed by atoms with Crippen LogP contribution in [-0.4, -0.2) is 25.3 Å². The first kappa shape index (κ1) is 12.3. The first-order chi connectivity index (χ1) is 5.29.